The van der Waals surface area contributed by atoms with E-state index in [2.05, 4.69) is 10.3 Å². The van der Waals surface area contributed by atoms with Gasteiger partial charge in [0.25, 0.3) is 5.91 Å². The molecule has 1 aromatic carbocycles. The number of halogens is 1. The van der Waals surface area contributed by atoms with Crippen molar-refractivity contribution in [1.82, 2.24) is 9.88 Å². The molecule has 1 N–H and O–H groups in total. The molecule has 1 amide bonds. The van der Waals surface area contributed by atoms with Gasteiger partial charge in [-0.3, -0.25) is 14.6 Å². The van der Waals surface area contributed by atoms with Gasteiger partial charge < -0.3 is 10.2 Å². The third kappa shape index (κ3) is 3.27. The first-order chi connectivity index (χ1) is 11.6. The van der Waals surface area contributed by atoms with E-state index < -0.39 is 5.82 Å². The molecule has 3 rings (SSSR count). The normalized spacial score (nSPS) is 16.9. The van der Waals surface area contributed by atoms with Crippen LogP contribution in [-0.2, 0) is 0 Å². The van der Waals surface area contributed by atoms with Crippen molar-refractivity contribution in [2.24, 2.45) is 0 Å². The molecule has 0 radical (unpaired) electrons. The molecule has 124 valence electrons. The summed E-state index contributed by atoms with van der Waals surface area (Å²) in [6, 6.07) is 9.71. The molecule has 0 unspecified atom stereocenters. The Balaban J connectivity index is 1.70. The molecule has 2 aromatic rings. The molecule has 24 heavy (non-hydrogen) atoms. The van der Waals surface area contributed by atoms with Crippen molar-refractivity contribution >= 4 is 17.4 Å². The van der Waals surface area contributed by atoms with Gasteiger partial charge in [0.1, 0.15) is 11.5 Å². The van der Waals surface area contributed by atoms with Gasteiger partial charge in [0.05, 0.1) is 5.56 Å². The molecule has 0 saturated carbocycles. The summed E-state index contributed by atoms with van der Waals surface area (Å²) >= 11 is 0. The maximum atomic E-state index is 13.9. The lowest BCUT2D eigenvalue weighted by molar-refractivity contribution is 0.0785. The van der Waals surface area contributed by atoms with Crippen molar-refractivity contribution < 1.29 is 14.0 Å². The van der Waals surface area contributed by atoms with Crippen LogP contribution in [-0.4, -0.2) is 40.7 Å². The monoisotopic (exact) mass is 327 g/mol. The Morgan fingerprint density at radius 1 is 1.25 bits per heavy atom. The highest BCUT2D eigenvalue weighted by Gasteiger charge is 2.28. The van der Waals surface area contributed by atoms with Crippen LogP contribution in [0.3, 0.4) is 0 Å². The van der Waals surface area contributed by atoms with Crippen LogP contribution in [0, 0.1) is 5.82 Å². The lowest BCUT2D eigenvalue weighted by Crippen LogP contribution is -2.32. The predicted octanol–water partition coefficient (Wildman–Crippen LogP) is 2.75. The van der Waals surface area contributed by atoms with Crippen molar-refractivity contribution in [2.75, 3.05) is 18.4 Å². The molecule has 1 fully saturated rings. The van der Waals surface area contributed by atoms with E-state index in [-0.39, 0.29) is 23.3 Å². The van der Waals surface area contributed by atoms with E-state index >= 15 is 0 Å². The first-order valence-electron chi connectivity index (χ1n) is 7.82. The van der Waals surface area contributed by atoms with Crippen LogP contribution in [0.5, 0.6) is 0 Å². The van der Waals surface area contributed by atoms with E-state index in [4.69, 9.17) is 0 Å². The van der Waals surface area contributed by atoms with E-state index in [1.807, 2.05) is 0 Å². The van der Waals surface area contributed by atoms with Gasteiger partial charge in [-0.1, -0.05) is 12.1 Å². The Labute approximate surface area is 139 Å². The van der Waals surface area contributed by atoms with Gasteiger partial charge in [-0.15, -0.1) is 0 Å². The van der Waals surface area contributed by atoms with Crippen LogP contribution in [0.2, 0.25) is 0 Å². The summed E-state index contributed by atoms with van der Waals surface area (Å²) in [5, 5.41) is 3.19. The molecule has 1 aromatic heterocycles. The average Bonchev–Trinajstić information content (AvgIpc) is 3.03. The molecule has 5 nitrogen and oxygen atoms in total. The highest BCUT2D eigenvalue weighted by Crippen LogP contribution is 2.23. The summed E-state index contributed by atoms with van der Waals surface area (Å²) in [6.07, 6.45) is 2.32. The second-order valence-corrected chi connectivity index (χ2v) is 5.81. The summed E-state index contributed by atoms with van der Waals surface area (Å²) in [4.78, 5) is 29.9. The van der Waals surface area contributed by atoms with E-state index in [0.29, 0.717) is 24.5 Å². The average molecular weight is 327 g/mol. The van der Waals surface area contributed by atoms with Gasteiger partial charge in [-0.25, -0.2) is 4.39 Å². The molecule has 0 bridgehead atoms. The molecule has 1 saturated heterocycles. The molecule has 1 aliphatic heterocycles. The molecule has 1 atom stereocenters. The number of nitrogens with one attached hydrogen (secondary N) is 1. The quantitative estimate of drug-likeness (QED) is 0.877. The number of carbonyl (C=O) groups is 2. The van der Waals surface area contributed by atoms with Crippen molar-refractivity contribution in [3.63, 3.8) is 0 Å². The number of anilines is 1. The fourth-order valence-electron chi connectivity index (χ4n) is 2.94. The number of likely N-dealkylation sites (tertiary alicyclic amines) is 1. The summed E-state index contributed by atoms with van der Waals surface area (Å²) < 4.78 is 13.9. The Kier molecular flexibility index (Phi) is 4.55. The molecular formula is C18H18FN3O2. The number of aromatic nitrogens is 1. The van der Waals surface area contributed by atoms with Gasteiger partial charge in [-0.2, -0.15) is 0 Å². The minimum atomic E-state index is -0.535. The second-order valence-electron chi connectivity index (χ2n) is 5.81. The number of Topliss-reactive ketones (excluding diaryl/α,β-unsaturated/α-hetero) is 1. The maximum Gasteiger partial charge on any atom is 0.272 e. The van der Waals surface area contributed by atoms with Crippen LogP contribution >= 0.6 is 0 Å². The number of hydrogen-bond acceptors (Lipinski definition) is 4. The zero-order chi connectivity index (χ0) is 17.1. The van der Waals surface area contributed by atoms with Crippen LogP contribution in [0.25, 0.3) is 0 Å². The number of amides is 1. The fourth-order valence-corrected chi connectivity index (χ4v) is 2.94. The smallest absolute Gasteiger partial charge is 0.272 e. The minimum absolute atomic E-state index is 0.0300. The fraction of sp³-hybridized carbons (Fsp3) is 0.278. The van der Waals surface area contributed by atoms with Crippen LogP contribution in [0.15, 0.2) is 42.6 Å². The number of carbonyl (C=O) groups excluding carboxylic acids is 2. The maximum absolute atomic E-state index is 13.9. The van der Waals surface area contributed by atoms with Gasteiger partial charge in [-0.05, 0) is 37.6 Å². The van der Waals surface area contributed by atoms with Crippen molar-refractivity contribution in [3.8, 4) is 0 Å². The van der Waals surface area contributed by atoms with Gasteiger partial charge in [0.15, 0.2) is 5.78 Å². The van der Waals surface area contributed by atoms with Crippen LogP contribution in [0.1, 0.15) is 34.2 Å². The molecule has 0 aliphatic carbocycles. The number of pyridine rings is 1. The first kappa shape index (κ1) is 16.1. The van der Waals surface area contributed by atoms with Crippen LogP contribution < -0.4 is 5.32 Å². The third-order valence-corrected chi connectivity index (χ3v) is 4.08. The molecule has 0 spiro atoms. The van der Waals surface area contributed by atoms with E-state index in [1.165, 1.54) is 13.0 Å². The summed E-state index contributed by atoms with van der Waals surface area (Å²) in [5.74, 6) is -0.979. The third-order valence-electron chi connectivity index (χ3n) is 4.08. The number of nitrogens with zero attached hydrogens (tertiary/aromatic N) is 2. The predicted molar refractivity (Wildman–Crippen MR) is 88.6 cm³/mol. The zero-order valence-electron chi connectivity index (χ0n) is 13.3. The summed E-state index contributed by atoms with van der Waals surface area (Å²) in [6.45, 7) is 2.43. The van der Waals surface area contributed by atoms with Gasteiger partial charge >= 0.3 is 0 Å². The highest BCUT2D eigenvalue weighted by atomic mass is 19.1. The standard InChI is InChI=1S/C18H18FN3O2/c1-12(23)17-14(19)5-4-7-15(17)21-13-8-10-22(11-13)18(24)16-6-2-3-9-20-16/h2-7,9,13,21H,8,10-11H2,1H3/t13-/m1/s1. The van der Waals surface area contributed by atoms with Gasteiger partial charge in [0.2, 0.25) is 0 Å². The SMILES string of the molecule is CC(=O)c1c(F)cccc1N[C@@H]1CCN(C(=O)c2ccccn2)C1. The molecule has 1 aliphatic rings. The lowest BCUT2D eigenvalue weighted by Gasteiger charge is -2.18. The lowest BCUT2D eigenvalue weighted by atomic mass is 10.1. The minimum Gasteiger partial charge on any atom is -0.380 e. The van der Waals surface area contributed by atoms with Crippen LogP contribution in [0.4, 0.5) is 10.1 Å². The van der Waals surface area contributed by atoms with E-state index in [9.17, 15) is 14.0 Å². The zero-order valence-corrected chi connectivity index (χ0v) is 13.3. The molecule has 6 heteroatoms. The Morgan fingerprint density at radius 2 is 2.08 bits per heavy atom. The number of rotatable bonds is 4. The van der Waals surface area contributed by atoms with Crippen molar-refractivity contribution in [2.45, 2.75) is 19.4 Å². The Bertz CT molecular complexity index is 764. The van der Waals surface area contributed by atoms with E-state index in [0.717, 1.165) is 6.42 Å². The second kappa shape index (κ2) is 6.78. The first-order valence-corrected chi connectivity index (χ1v) is 7.82. The number of hydrogen-bond donors (Lipinski definition) is 1. The largest absolute Gasteiger partial charge is 0.380 e. The Hall–Kier alpha value is -2.76. The Morgan fingerprint density at radius 3 is 2.79 bits per heavy atom. The van der Waals surface area contributed by atoms with Crippen molar-refractivity contribution in [1.29, 1.82) is 0 Å². The van der Waals surface area contributed by atoms with E-state index in [1.54, 1.807) is 41.4 Å². The molecular weight excluding hydrogens is 309 g/mol. The molecule has 2 heterocycles. The highest BCUT2D eigenvalue weighted by molar-refractivity contribution is 5.99. The number of benzene rings is 1. The van der Waals surface area contributed by atoms with Crippen molar-refractivity contribution in [3.05, 3.63) is 59.7 Å². The summed E-state index contributed by atoms with van der Waals surface area (Å²) in [5.41, 5.74) is 0.944. The van der Waals surface area contributed by atoms with Gasteiger partial charge in [0, 0.05) is 31.0 Å². The number of ketones is 1. The summed E-state index contributed by atoms with van der Waals surface area (Å²) in [7, 11) is 0. The topological polar surface area (TPSA) is 62.3 Å².